The first-order valence-corrected chi connectivity index (χ1v) is 5.87. The Morgan fingerprint density at radius 2 is 2.24 bits per heavy atom. The molecule has 2 atom stereocenters. The van der Waals surface area contributed by atoms with Crippen LogP contribution in [0.5, 0.6) is 0 Å². The van der Waals surface area contributed by atoms with Crippen LogP contribution in [0.15, 0.2) is 24.3 Å². The molecule has 2 rings (SSSR count). The van der Waals surface area contributed by atoms with Gasteiger partial charge in [-0.2, -0.15) is 0 Å². The van der Waals surface area contributed by atoms with Crippen molar-refractivity contribution < 1.29 is 4.79 Å². The van der Waals surface area contributed by atoms with Crippen molar-refractivity contribution in [3.05, 3.63) is 29.8 Å². The van der Waals surface area contributed by atoms with Crippen LogP contribution in [0.1, 0.15) is 11.5 Å². The minimum absolute atomic E-state index is 0.0202. The molecule has 1 aliphatic heterocycles. The maximum absolute atomic E-state index is 11.9. The number of hydrogen-bond donors (Lipinski definition) is 2. The number of carbonyl (C=O) groups is 1. The second-order valence-corrected chi connectivity index (χ2v) is 4.72. The molecule has 17 heavy (non-hydrogen) atoms. The highest BCUT2D eigenvalue weighted by atomic mass is 16.1. The zero-order valence-corrected chi connectivity index (χ0v) is 10.3. The van der Waals surface area contributed by atoms with Gasteiger partial charge in [0.05, 0.1) is 5.92 Å². The van der Waals surface area contributed by atoms with Crippen molar-refractivity contribution in [2.45, 2.75) is 5.92 Å². The molecule has 4 heteroatoms. The summed E-state index contributed by atoms with van der Waals surface area (Å²) in [5.74, 6) is 0.372. The standard InChI is InChI=1S/C13H19N3O/c1-15-13(17)12-8-16(2)7-11(12)9-4-3-5-10(14)6-9/h3-6,11-12H,7-8,14H2,1-2H3,(H,15,17)/t11-,12+/m1/s1. The molecule has 4 nitrogen and oxygen atoms in total. The SMILES string of the molecule is CNC(=O)[C@H]1CN(C)C[C@@H]1c1cccc(N)c1. The van der Waals surface area contributed by atoms with E-state index in [0.29, 0.717) is 0 Å². The summed E-state index contributed by atoms with van der Waals surface area (Å²) in [5.41, 5.74) is 7.71. The molecule has 0 bridgehead atoms. The number of nitrogens with two attached hydrogens (primary N) is 1. The molecule has 1 aromatic carbocycles. The summed E-state index contributed by atoms with van der Waals surface area (Å²) in [5, 5.41) is 2.74. The number of hydrogen-bond acceptors (Lipinski definition) is 3. The maximum atomic E-state index is 11.9. The van der Waals surface area contributed by atoms with Crippen LogP contribution in [0.25, 0.3) is 0 Å². The molecule has 0 aromatic heterocycles. The van der Waals surface area contributed by atoms with Crippen LogP contribution in [-0.2, 0) is 4.79 Å². The summed E-state index contributed by atoms with van der Waals surface area (Å²) in [6.45, 7) is 1.71. The fourth-order valence-corrected chi connectivity index (χ4v) is 2.58. The molecular formula is C13H19N3O. The molecule has 92 valence electrons. The van der Waals surface area contributed by atoms with E-state index in [0.717, 1.165) is 24.3 Å². The number of amides is 1. The van der Waals surface area contributed by atoms with E-state index in [2.05, 4.69) is 16.3 Å². The number of carbonyl (C=O) groups excluding carboxylic acids is 1. The van der Waals surface area contributed by atoms with E-state index in [1.807, 2.05) is 25.2 Å². The fraction of sp³-hybridized carbons (Fsp3) is 0.462. The van der Waals surface area contributed by atoms with Gasteiger partial charge in [-0.1, -0.05) is 12.1 Å². The topological polar surface area (TPSA) is 58.4 Å². The third-order valence-corrected chi connectivity index (χ3v) is 3.42. The maximum Gasteiger partial charge on any atom is 0.224 e. The first kappa shape index (κ1) is 11.9. The Bertz CT molecular complexity index is 419. The van der Waals surface area contributed by atoms with Crippen molar-refractivity contribution in [2.75, 3.05) is 32.9 Å². The summed E-state index contributed by atoms with van der Waals surface area (Å²) in [4.78, 5) is 14.0. The largest absolute Gasteiger partial charge is 0.399 e. The third kappa shape index (κ3) is 2.42. The predicted octanol–water partition coefficient (Wildman–Crippen LogP) is 0.660. The van der Waals surface area contributed by atoms with Crippen LogP contribution in [0.2, 0.25) is 0 Å². The van der Waals surface area contributed by atoms with Gasteiger partial charge in [0, 0.05) is 31.7 Å². The Morgan fingerprint density at radius 1 is 1.47 bits per heavy atom. The lowest BCUT2D eigenvalue weighted by atomic mass is 9.88. The van der Waals surface area contributed by atoms with Gasteiger partial charge in [0.15, 0.2) is 0 Å². The molecule has 0 radical (unpaired) electrons. The number of likely N-dealkylation sites (N-methyl/N-ethyl adjacent to an activating group) is 1. The number of benzene rings is 1. The molecule has 0 aliphatic carbocycles. The molecule has 1 aliphatic rings. The lowest BCUT2D eigenvalue weighted by Gasteiger charge is -2.17. The number of likely N-dealkylation sites (tertiary alicyclic amines) is 1. The van der Waals surface area contributed by atoms with Crippen LogP contribution in [0.4, 0.5) is 5.69 Å². The molecule has 1 heterocycles. The summed E-state index contributed by atoms with van der Waals surface area (Å²) < 4.78 is 0. The van der Waals surface area contributed by atoms with E-state index in [1.165, 1.54) is 0 Å². The number of rotatable bonds is 2. The second-order valence-electron chi connectivity index (χ2n) is 4.72. The third-order valence-electron chi connectivity index (χ3n) is 3.42. The molecular weight excluding hydrogens is 214 g/mol. The first-order valence-electron chi connectivity index (χ1n) is 5.87. The van der Waals surface area contributed by atoms with Crippen molar-refractivity contribution in [1.29, 1.82) is 0 Å². The van der Waals surface area contributed by atoms with Gasteiger partial charge in [-0.05, 0) is 24.7 Å². The molecule has 0 unspecified atom stereocenters. The molecule has 0 saturated carbocycles. The zero-order valence-electron chi connectivity index (χ0n) is 10.3. The van der Waals surface area contributed by atoms with E-state index >= 15 is 0 Å². The minimum atomic E-state index is 0.0202. The summed E-state index contributed by atoms with van der Waals surface area (Å²) in [6, 6.07) is 7.84. The number of anilines is 1. The van der Waals surface area contributed by atoms with Crippen LogP contribution < -0.4 is 11.1 Å². The Labute approximate surface area is 102 Å². The van der Waals surface area contributed by atoms with Gasteiger partial charge in [-0.25, -0.2) is 0 Å². The van der Waals surface area contributed by atoms with Gasteiger partial charge in [0.25, 0.3) is 0 Å². The van der Waals surface area contributed by atoms with E-state index in [1.54, 1.807) is 7.05 Å². The Hall–Kier alpha value is -1.55. The summed E-state index contributed by atoms with van der Waals surface area (Å²) >= 11 is 0. The Kier molecular flexibility index (Phi) is 3.33. The molecule has 3 N–H and O–H groups in total. The lowest BCUT2D eigenvalue weighted by Crippen LogP contribution is -2.31. The number of nitrogen functional groups attached to an aromatic ring is 1. The normalized spacial score (nSPS) is 24.8. The quantitative estimate of drug-likeness (QED) is 0.738. The van der Waals surface area contributed by atoms with Crippen molar-refractivity contribution in [3.63, 3.8) is 0 Å². The monoisotopic (exact) mass is 233 g/mol. The molecule has 1 amide bonds. The van der Waals surface area contributed by atoms with Crippen molar-refractivity contribution in [3.8, 4) is 0 Å². The zero-order chi connectivity index (χ0) is 12.4. The van der Waals surface area contributed by atoms with Gasteiger partial charge in [-0.3, -0.25) is 4.79 Å². The van der Waals surface area contributed by atoms with E-state index in [9.17, 15) is 4.79 Å². The minimum Gasteiger partial charge on any atom is -0.399 e. The fourth-order valence-electron chi connectivity index (χ4n) is 2.58. The molecule has 1 saturated heterocycles. The first-order chi connectivity index (χ1) is 8.11. The lowest BCUT2D eigenvalue weighted by molar-refractivity contribution is -0.124. The Morgan fingerprint density at radius 3 is 2.88 bits per heavy atom. The average Bonchev–Trinajstić information content (AvgIpc) is 2.70. The highest BCUT2D eigenvalue weighted by Gasteiger charge is 2.36. The smallest absolute Gasteiger partial charge is 0.224 e. The summed E-state index contributed by atoms with van der Waals surface area (Å²) in [6.07, 6.45) is 0. The van der Waals surface area contributed by atoms with E-state index < -0.39 is 0 Å². The van der Waals surface area contributed by atoms with Crippen molar-refractivity contribution in [2.24, 2.45) is 5.92 Å². The van der Waals surface area contributed by atoms with Crippen LogP contribution in [0, 0.1) is 5.92 Å². The van der Waals surface area contributed by atoms with Gasteiger partial charge >= 0.3 is 0 Å². The van der Waals surface area contributed by atoms with E-state index in [-0.39, 0.29) is 17.7 Å². The predicted molar refractivity (Wildman–Crippen MR) is 68.6 cm³/mol. The van der Waals surface area contributed by atoms with Crippen molar-refractivity contribution >= 4 is 11.6 Å². The highest BCUT2D eigenvalue weighted by molar-refractivity contribution is 5.80. The molecule has 0 spiro atoms. The van der Waals surface area contributed by atoms with E-state index in [4.69, 9.17) is 5.73 Å². The average molecular weight is 233 g/mol. The molecule has 1 aromatic rings. The number of nitrogens with zero attached hydrogens (tertiary/aromatic N) is 1. The summed E-state index contributed by atoms with van der Waals surface area (Å²) in [7, 11) is 3.74. The van der Waals surface area contributed by atoms with Crippen LogP contribution >= 0.6 is 0 Å². The Balaban J connectivity index is 2.26. The van der Waals surface area contributed by atoms with Crippen LogP contribution in [-0.4, -0.2) is 38.0 Å². The molecule has 1 fully saturated rings. The second kappa shape index (κ2) is 4.75. The van der Waals surface area contributed by atoms with Gasteiger partial charge in [0.2, 0.25) is 5.91 Å². The van der Waals surface area contributed by atoms with Gasteiger partial charge in [0.1, 0.15) is 0 Å². The van der Waals surface area contributed by atoms with Crippen LogP contribution in [0.3, 0.4) is 0 Å². The highest BCUT2D eigenvalue weighted by Crippen LogP contribution is 2.32. The number of nitrogens with one attached hydrogen (secondary N) is 1. The van der Waals surface area contributed by atoms with Gasteiger partial charge < -0.3 is 16.0 Å². The van der Waals surface area contributed by atoms with Gasteiger partial charge in [-0.15, -0.1) is 0 Å². The van der Waals surface area contributed by atoms with Crippen molar-refractivity contribution in [1.82, 2.24) is 10.2 Å².